The van der Waals surface area contributed by atoms with Gasteiger partial charge in [-0.25, -0.2) is 0 Å². The quantitative estimate of drug-likeness (QED) is 0.696. The summed E-state index contributed by atoms with van der Waals surface area (Å²) >= 11 is 0. The number of hydrogen-bond acceptors (Lipinski definition) is 0. The fourth-order valence-corrected chi connectivity index (χ4v) is 2.37. The van der Waals surface area contributed by atoms with Crippen LogP contribution in [0.15, 0.2) is 42.5 Å². The van der Waals surface area contributed by atoms with Crippen molar-refractivity contribution < 1.29 is 0 Å². The Morgan fingerprint density at radius 2 is 1.64 bits per heavy atom. The molecule has 0 heterocycles. The van der Waals surface area contributed by atoms with Crippen molar-refractivity contribution in [1.29, 1.82) is 0 Å². The van der Waals surface area contributed by atoms with Crippen LogP contribution in [-0.4, -0.2) is 0 Å². The Kier molecular flexibility index (Phi) is 5.88. The lowest BCUT2D eigenvalue weighted by Crippen LogP contribution is -1.89. The second-order valence-corrected chi connectivity index (χ2v) is 5.42. The van der Waals surface area contributed by atoms with Gasteiger partial charge in [0, 0.05) is 16.7 Å². The van der Waals surface area contributed by atoms with Gasteiger partial charge in [-0.1, -0.05) is 50.2 Å². The molecule has 22 heavy (non-hydrogen) atoms. The summed E-state index contributed by atoms with van der Waals surface area (Å²) in [5.41, 5.74) is 5.64. The average Bonchev–Trinajstić information content (AvgIpc) is 2.58. The Morgan fingerprint density at radius 3 is 2.27 bits per heavy atom. The molecule has 0 fully saturated rings. The molecular weight excluding hydrogens is 264 g/mol. The monoisotopic (exact) mass is 286 g/mol. The smallest absolute Gasteiger partial charge is 0.0281 e. The van der Waals surface area contributed by atoms with E-state index in [2.05, 4.69) is 61.9 Å². The first-order valence-corrected chi connectivity index (χ1v) is 7.97. The molecule has 0 amide bonds. The Labute approximate surface area is 134 Å². The van der Waals surface area contributed by atoms with Gasteiger partial charge < -0.3 is 0 Å². The summed E-state index contributed by atoms with van der Waals surface area (Å²) in [7, 11) is 0. The molecule has 0 saturated carbocycles. The number of rotatable bonds is 4. The Morgan fingerprint density at radius 1 is 0.909 bits per heavy atom. The predicted molar refractivity (Wildman–Crippen MR) is 94.8 cm³/mol. The van der Waals surface area contributed by atoms with Crippen molar-refractivity contribution in [2.24, 2.45) is 0 Å². The summed E-state index contributed by atoms with van der Waals surface area (Å²) in [5, 5.41) is 0. The molecule has 2 rings (SSSR count). The molecule has 0 spiro atoms. The zero-order valence-corrected chi connectivity index (χ0v) is 13.4. The van der Waals surface area contributed by atoms with Crippen LogP contribution in [0.25, 0.3) is 0 Å². The second-order valence-electron chi connectivity index (χ2n) is 5.42. The van der Waals surface area contributed by atoms with Crippen molar-refractivity contribution >= 4 is 0 Å². The molecular formula is C22H22. The molecule has 0 bridgehead atoms. The highest BCUT2D eigenvalue weighted by Crippen LogP contribution is 2.12. The number of aryl methyl sites for hydroxylation is 2. The molecule has 110 valence electrons. The van der Waals surface area contributed by atoms with E-state index in [1.807, 2.05) is 12.1 Å². The van der Waals surface area contributed by atoms with E-state index in [1.54, 1.807) is 0 Å². The van der Waals surface area contributed by atoms with E-state index in [-0.39, 0.29) is 0 Å². The first-order chi connectivity index (χ1) is 10.8. The van der Waals surface area contributed by atoms with E-state index in [0.717, 1.165) is 29.5 Å². The van der Waals surface area contributed by atoms with Crippen LogP contribution in [0.3, 0.4) is 0 Å². The van der Waals surface area contributed by atoms with Crippen molar-refractivity contribution in [2.75, 3.05) is 0 Å². The van der Waals surface area contributed by atoms with Crippen LogP contribution in [-0.2, 0) is 12.8 Å². The third-order valence-corrected chi connectivity index (χ3v) is 3.77. The maximum absolute atomic E-state index is 5.45. The van der Waals surface area contributed by atoms with Gasteiger partial charge in [-0.3, -0.25) is 0 Å². The van der Waals surface area contributed by atoms with Crippen molar-refractivity contribution in [1.82, 2.24) is 0 Å². The molecule has 0 saturated heterocycles. The fourth-order valence-electron chi connectivity index (χ4n) is 2.37. The summed E-state index contributed by atoms with van der Waals surface area (Å²) in [6.07, 6.45) is 10.0. The zero-order chi connectivity index (χ0) is 15.8. The highest BCUT2D eigenvalue weighted by Gasteiger charge is 1.99. The third-order valence-electron chi connectivity index (χ3n) is 3.77. The average molecular weight is 286 g/mol. The summed E-state index contributed by atoms with van der Waals surface area (Å²) < 4.78 is 0. The minimum Gasteiger partial charge on any atom is -0.115 e. The number of benzene rings is 2. The maximum Gasteiger partial charge on any atom is 0.0281 e. The van der Waals surface area contributed by atoms with Gasteiger partial charge in [0.25, 0.3) is 0 Å². The standard InChI is InChI=1S/C22H22/c1-4-7-8-19-9-11-20(12-10-19)14-16-22-15-13-18(5-2)17-21(22)6-3/h2,9-13,15,17H,4,6-8H2,1,3H3. The number of hydrogen-bond donors (Lipinski definition) is 0. The minimum absolute atomic E-state index is 0.919. The lowest BCUT2D eigenvalue weighted by molar-refractivity contribution is 0.795. The van der Waals surface area contributed by atoms with Crippen LogP contribution in [0.5, 0.6) is 0 Å². The second kappa shape index (κ2) is 8.11. The SMILES string of the molecule is C#Cc1ccc(C#Cc2ccc(CCCC)cc2)c(CC)c1. The topological polar surface area (TPSA) is 0 Å². The van der Waals surface area contributed by atoms with Crippen molar-refractivity contribution in [3.63, 3.8) is 0 Å². The normalized spacial score (nSPS) is 9.68. The molecule has 2 aromatic carbocycles. The van der Waals surface area contributed by atoms with Crippen LogP contribution in [0.1, 0.15) is 54.5 Å². The van der Waals surface area contributed by atoms with Crippen molar-refractivity contribution in [3.8, 4) is 24.2 Å². The molecule has 0 nitrogen and oxygen atoms in total. The Hall–Kier alpha value is -2.44. The number of terminal acetylenes is 1. The van der Waals surface area contributed by atoms with Crippen LogP contribution >= 0.6 is 0 Å². The molecule has 0 aromatic heterocycles. The van der Waals surface area contributed by atoms with Gasteiger partial charge in [-0.05, 0) is 60.7 Å². The fraction of sp³-hybridized carbons (Fsp3) is 0.273. The molecule has 0 aliphatic rings. The molecule has 0 atom stereocenters. The van der Waals surface area contributed by atoms with E-state index < -0.39 is 0 Å². The summed E-state index contributed by atoms with van der Waals surface area (Å²) in [4.78, 5) is 0. The third kappa shape index (κ3) is 4.28. The maximum atomic E-state index is 5.45. The van der Waals surface area contributed by atoms with Crippen LogP contribution < -0.4 is 0 Å². The molecule has 0 radical (unpaired) electrons. The van der Waals surface area contributed by atoms with Crippen LogP contribution in [0, 0.1) is 24.2 Å². The van der Waals surface area contributed by atoms with Crippen LogP contribution in [0.4, 0.5) is 0 Å². The summed E-state index contributed by atoms with van der Waals surface area (Å²) in [5.74, 6) is 9.21. The lowest BCUT2D eigenvalue weighted by atomic mass is 10.0. The van der Waals surface area contributed by atoms with Crippen molar-refractivity contribution in [3.05, 3.63) is 70.3 Å². The lowest BCUT2D eigenvalue weighted by Gasteiger charge is -2.02. The highest BCUT2D eigenvalue weighted by molar-refractivity contribution is 5.50. The van der Waals surface area contributed by atoms with Gasteiger partial charge in [0.2, 0.25) is 0 Å². The van der Waals surface area contributed by atoms with Gasteiger partial charge in [0.1, 0.15) is 0 Å². The molecule has 0 aliphatic carbocycles. The Balaban J connectivity index is 2.18. The molecule has 2 aromatic rings. The van der Waals surface area contributed by atoms with E-state index in [0.29, 0.717) is 0 Å². The van der Waals surface area contributed by atoms with E-state index >= 15 is 0 Å². The van der Waals surface area contributed by atoms with E-state index in [9.17, 15) is 0 Å². The highest BCUT2D eigenvalue weighted by atomic mass is 14.0. The molecule has 0 unspecified atom stereocenters. The largest absolute Gasteiger partial charge is 0.115 e. The first kappa shape index (κ1) is 15.9. The van der Waals surface area contributed by atoms with Crippen LogP contribution in [0.2, 0.25) is 0 Å². The number of unbranched alkanes of at least 4 members (excludes halogenated alkanes) is 1. The summed E-state index contributed by atoms with van der Waals surface area (Å²) in [6.45, 7) is 4.35. The van der Waals surface area contributed by atoms with E-state index in [4.69, 9.17) is 6.42 Å². The van der Waals surface area contributed by atoms with E-state index in [1.165, 1.54) is 24.0 Å². The molecule has 0 heteroatoms. The minimum atomic E-state index is 0.919. The molecule has 0 aliphatic heterocycles. The van der Waals surface area contributed by atoms with Crippen molar-refractivity contribution in [2.45, 2.75) is 39.5 Å². The zero-order valence-electron chi connectivity index (χ0n) is 13.4. The van der Waals surface area contributed by atoms with Gasteiger partial charge >= 0.3 is 0 Å². The van der Waals surface area contributed by atoms with Gasteiger partial charge in [-0.15, -0.1) is 6.42 Å². The first-order valence-electron chi connectivity index (χ1n) is 7.97. The van der Waals surface area contributed by atoms with Gasteiger partial charge in [-0.2, -0.15) is 0 Å². The van der Waals surface area contributed by atoms with Gasteiger partial charge in [0.05, 0.1) is 0 Å². The van der Waals surface area contributed by atoms with Gasteiger partial charge in [0.15, 0.2) is 0 Å². The Bertz CT molecular complexity index is 715. The summed E-state index contributed by atoms with van der Waals surface area (Å²) in [6, 6.07) is 14.6. The molecule has 0 N–H and O–H groups in total. The predicted octanol–water partition coefficient (Wildman–Crippen LogP) is 4.97.